The fourth-order valence-corrected chi connectivity index (χ4v) is 3.60. The molecule has 0 spiro atoms. The Labute approximate surface area is 117 Å². The predicted molar refractivity (Wildman–Crippen MR) is 74.8 cm³/mol. The molecule has 0 aromatic heterocycles. The van der Waals surface area contributed by atoms with Crippen molar-refractivity contribution >= 4 is 15.8 Å². The van der Waals surface area contributed by atoms with Crippen LogP contribution in [0.5, 0.6) is 0 Å². The first kappa shape index (κ1) is 14.3. The molecule has 1 unspecified atom stereocenters. The molecule has 20 heavy (non-hydrogen) atoms. The van der Waals surface area contributed by atoms with Gasteiger partial charge in [-0.1, -0.05) is 48.5 Å². The van der Waals surface area contributed by atoms with E-state index in [0.29, 0.717) is 5.56 Å². The summed E-state index contributed by atoms with van der Waals surface area (Å²) in [6.07, 6.45) is 0. The molecule has 0 aliphatic rings. The largest absolute Gasteiger partial charge is 0.468 e. The molecule has 104 valence electrons. The standard InChI is InChI=1S/C15H14O4S/c1-19-15(16)14(12-8-4-2-5-9-12)20(17,18)13-10-6-3-7-11-13/h2-11,14H,1H3. The number of sulfone groups is 1. The van der Waals surface area contributed by atoms with Crippen LogP contribution in [0.2, 0.25) is 0 Å². The van der Waals surface area contributed by atoms with Gasteiger partial charge in [0.15, 0.2) is 15.1 Å². The zero-order valence-electron chi connectivity index (χ0n) is 10.9. The smallest absolute Gasteiger partial charge is 0.329 e. The van der Waals surface area contributed by atoms with Crippen molar-refractivity contribution in [3.05, 3.63) is 66.2 Å². The average Bonchev–Trinajstić information content (AvgIpc) is 2.49. The van der Waals surface area contributed by atoms with Crippen molar-refractivity contribution in [1.29, 1.82) is 0 Å². The van der Waals surface area contributed by atoms with Gasteiger partial charge in [0.1, 0.15) is 0 Å². The maximum absolute atomic E-state index is 12.6. The second kappa shape index (κ2) is 5.88. The van der Waals surface area contributed by atoms with E-state index in [1.807, 2.05) is 0 Å². The van der Waals surface area contributed by atoms with E-state index in [1.165, 1.54) is 19.2 Å². The Morgan fingerprint density at radius 1 is 0.950 bits per heavy atom. The molecule has 2 aromatic carbocycles. The molecule has 0 saturated heterocycles. The normalized spacial score (nSPS) is 12.7. The van der Waals surface area contributed by atoms with Crippen molar-refractivity contribution in [2.24, 2.45) is 0 Å². The van der Waals surface area contributed by atoms with Crippen molar-refractivity contribution in [3.8, 4) is 0 Å². The van der Waals surface area contributed by atoms with E-state index in [9.17, 15) is 13.2 Å². The number of esters is 1. The van der Waals surface area contributed by atoms with Crippen LogP contribution in [0, 0.1) is 0 Å². The topological polar surface area (TPSA) is 60.4 Å². The van der Waals surface area contributed by atoms with Gasteiger partial charge in [-0.3, -0.25) is 4.79 Å². The highest BCUT2D eigenvalue weighted by molar-refractivity contribution is 7.92. The number of carbonyl (C=O) groups is 1. The number of benzene rings is 2. The van der Waals surface area contributed by atoms with Crippen molar-refractivity contribution < 1.29 is 17.9 Å². The summed E-state index contributed by atoms with van der Waals surface area (Å²) < 4.78 is 29.9. The number of ether oxygens (including phenoxy) is 1. The van der Waals surface area contributed by atoms with E-state index < -0.39 is 21.1 Å². The van der Waals surface area contributed by atoms with Gasteiger partial charge in [0.25, 0.3) is 0 Å². The van der Waals surface area contributed by atoms with Crippen LogP contribution < -0.4 is 0 Å². The highest BCUT2D eigenvalue weighted by Gasteiger charge is 2.36. The molecule has 4 nitrogen and oxygen atoms in total. The number of methoxy groups -OCH3 is 1. The van der Waals surface area contributed by atoms with Crippen LogP contribution in [0.15, 0.2) is 65.6 Å². The van der Waals surface area contributed by atoms with Crippen LogP contribution in [0.1, 0.15) is 10.8 Å². The van der Waals surface area contributed by atoms with Crippen molar-refractivity contribution in [1.82, 2.24) is 0 Å². The quantitative estimate of drug-likeness (QED) is 0.811. The Balaban J connectivity index is 2.56. The van der Waals surface area contributed by atoms with E-state index in [-0.39, 0.29) is 4.90 Å². The van der Waals surface area contributed by atoms with Crippen LogP contribution in [0.25, 0.3) is 0 Å². The highest BCUT2D eigenvalue weighted by Crippen LogP contribution is 2.29. The number of rotatable bonds is 4. The van der Waals surface area contributed by atoms with Crippen LogP contribution in [-0.4, -0.2) is 21.5 Å². The van der Waals surface area contributed by atoms with Gasteiger partial charge in [-0.2, -0.15) is 0 Å². The molecule has 2 aromatic rings. The van der Waals surface area contributed by atoms with Gasteiger partial charge < -0.3 is 4.74 Å². The summed E-state index contributed by atoms with van der Waals surface area (Å²) in [6.45, 7) is 0. The minimum Gasteiger partial charge on any atom is -0.468 e. The first-order chi connectivity index (χ1) is 9.57. The second-order valence-electron chi connectivity index (χ2n) is 4.17. The summed E-state index contributed by atoms with van der Waals surface area (Å²) >= 11 is 0. The minimum absolute atomic E-state index is 0.0965. The Morgan fingerprint density at radius 3 is 1.95 bits per heavy atom. The third-order valence-electron chi connectivity index (χ3n) is 2.90. The molecular formula is C15H14O4S. The SMILES string of the molecule is COC(=O)C(c1ccccc1)S(=O)(=O)c1ccccc1. The van der Waals surface area contributed by atoms with E-state index in [1.54, 1.807) is 48.5 Å². The molecule has 0 heterocycles. The zero-order valence-corrected chi connectivity index (χ0v) is 11.7. The predicted octanol–water partition coefficient (Wildman–Crippen LogP) is 2.37. The molecule has 0 amide bonds. The van der Waals surface area contributed by atoms with Crippen LogP contribution >= 0.6 is 0 Å². The van der Waals surface area contributed by atoms with E-state index >= 15 is 0 Å². The van der Waals surface area contributed by atoms with Crippen LogP contribution in [0.4, 0.5) is 0 Å². The summed E-state index contributed by atoms with van der Waals surface area (Å²) in [5, 5.41) is -1.35. The average molecular weight is 290 g/mol. The van der Waals surface area contributed by atoms with Gasteiger partial charge in [0.2, 0.25) is 0 Å². The number of carbonyl (C=O) groups excluding carboxylic acids is 1. The highest BCUT2D eigenvalue weighted by atomic mass is 32.2. The first-order valence-corrected chi connectivity index (χ1v) is 7.53. The third kappa shape index (κ3) is 2.72. The van der Waals surface area contributed by atoms with Gasteiger partial charge in [0.05, 0.1) is 12.0 Å². The molecule has 0 aliphatic heterocycles. The minimum atomic E-state index is -3.84. The maximum atomic E-state index is 12.6. The van der Waals surface area contributed by atoms with Crippen molar-refractivity contribution in [2.45, 2.75) is 10.1 Å². The molecule has 0 fully saturated rings. The maximum Gasteiger partial charge on any atom is 0.329 e. The Hall–Kier alpha value is -2.14. The molecular weight excluding hydrogens is 276 g/mol. The molecule has 0 bridgehead atoms. The van der Waals surface area contributed by atoms with Crippen molar-refractivity contribution in [2.75, 3.05) is 7.11 Å². The summed E-state index contributed by atoms with van der Waals surface area (Å²) in [5.74, 6) is -0.792. The van der Waals surface area contributed by atoms with Crippen molar-refractivity contribution in [3.63, 3.8) is 0 Å². The van der Waals surface area contributed by atoms with E-state index in [0.717, 1.165) is 0 Å². The fraction of sp³-hybridized carbons (Fsp3) is 0.133. The summed E-state index contributed by atoms with van der Waals surface area (Å²) in [7, 11) is -2.66. The molecule has 5 heteroatoms. The van der Waals surface area contributed by atoms with E-state index in [4.69, 9.17) is 0 Å². The van der Waals surface area contributed by atoms with Gasteiger partial charge in [-0.15, -0.1) is 0 Å². The lowest BCUT2D eigenvalue weighted by Crippen LogP contribution is -2.23. The zero-order chi connectivity index (χ0) is 14.6. The fourth-order valence-electron chi connectivity index (χ4n) is 1.92. The Kier molecular flexibility index (Phi) is 4.20. The van der Waals surface area contributed by atoms with Gasteiger partial charge in [-0.25, -0.2) is 8.42 Å². The molecule has 0 N–H and O–H groups in total. The van der Waals surface area contributed by atoms with Crippen LogP contribution in [0.3, 0.4) is 0 Å². The molecule has 2 rings (SSSR count). The lowest BCUT2D eigenvalue weighted by molar-refractivity contribution is -0.140. The van der Waals surface area contributed by atoms with E-state index in [2.05, 4.69) is 4.74 Å². The Morgan fingerprint density at radius 2 is 1.45 bits per heavy atom. The monoisotopic (exact) mass is 290 g/mol. The number of hydrogen-bond donors (Lipinski definition) is 0. The lowest BCUT2D eigenvalue weighted by Gasteiger charge is -2.15. The summed E-state index contributed by atoms with van der Waals surface area (Å²) in [5.41, 5.74) is 0.392. The van der Waals surface area contributed by atoms with Gasteiger partial charge in [-0.05, 0) is 17.7 Å². The summed E-state index contributed by atoms with van der Waals surface area (Å²) in [6, 6.07) is 16.2. The van der Waals surface area contributed by atoms with Crippen LogP contribution in [-0.2, 0) is 19.4 Å². The molecule has 0 saturated carbocycles. The van der Waals surface area contributed by atoms with Gasteiger partial charge >= 0.3 is 5.97 Å². The number of hydrogen-bond acceptors (Lipinski definition) is 4. The molecule has 1 atom stereocenters. The molecule has 0 aliphatic carbocycles. The molecule has 0 radical (unpaired) electrons. The second-order valence-corrected chi connectivity index (χ2v) is 6.20. The third-order valence-corrected chi connectivity index (χ3v) is 4.91. The first-order valence-electron chi connectivity index (χ1n) is 5.99. The lowest BCUT2D eigenvalue weighted by atomic mass is 10.1. The van der Waals surface area contributed by atoms with Gasteiger partial charge in [0, 0.05) is 0 Å². The summed E-state index contributed by atoms with van der Waals surface area (Å²) in [4.78, 5) is 12.0. The Bertz CT molecular complexity index is 678.